The van der Waals surface area contributed by atoms with Crippen molar-refractivity contribution in [2.75, 3.05) is 11.1 Å². The number of nitrogens with zero attached hydrogens (tertiary/aromatic N) is 1. The van der Waals surface area contributed by atoms with E-state index in [0.29, 0.717) is 17.1 Å². The second kappa shape index (κ2) is 5.35. The van der Waals surface area contributed by atoms with Crippen molar-refractivity contribution in [1.29, 1.82) is 0 Å². The van der Waals surface area contributed by atoms with E-state index in [1.807, 2.05) is 25.1 Å². The SMILES string of the molecule is C=CC(=O)Nc1cccnc1-c1cc(N)ccc1C. The molecule has 3 N–H and O–H groups in total. The van der Waals surface area contributed by atoms with Crippen molar-refractivity contribution in [3.63, 3.8) is 0 Å². The van der Waals surface area contributed by atoms with Crippen LogP contribution in [0.3, 0.4) is 0 Å². The van der Waals surface area contributed by atoms with E-state index in [1.54, 1.807) is 18.3 Å². The second-order valence-corrected chi connectivity index (χ2v) is 4.17. The normalized spacial score (nSPS) is 9.95. The number of pyridine rings is 1. The highest BCUT2D eigenvalue weighted by Crippen LogP contribution is 2.29. The summed E-state index contributed by atoms with van der Waals surface area (Å²) in [7, 11) is 0. The van der Waals surface area contributed by atoms with Gasteiger partial charge in [-0.3, -0.25) is 9.78 Å². The Bertz CT molecular complexity index is 635. The van der Waals surface area contributed by atoms with E-state index in [-0.39, 0.29) is 5.91 Å². The highest BCUT2D eigenvalue weighted by atomic mass is 16.1. The third-order valence-electron chi connectivity index (χ3n) is 2.77. The number of aryl methyl sites for hydroxylation is 1. The zero-order valence-corrected chi connectivity index (χ0v) is 10.7. The molecule has 0 atom stereocenters. The lowest BCUT2D eigenvalue weighted by molar-refractivity contribution is -0.111. The van der Waals surface area contributed by atoms with Crippen molar-refractivity contribution < 1.29 is 4.79 Å². The molecule has 96 valence electrons. The summed E-state index contributed by atoms with van der Waals surface area (Å²) >= 11 is 0. The minimum atomic E-state index is -0.268. The molecule has 1 aromatic carbocycles. The van der Waals surface area contributed by atoms with Crippen molar-refractivity contribution in [1.82, 2.24) is 4.98 Å². The number of nitrogens with one attached hydrogen (secondary N) is 1. The quantitative estimate of drug-likeness (QED) is 0.653. The first kappa shape index (κ1) is 12.8. The molecular formula is C15H15N3O. The first-order chi connectivity index (χ1) is 9.11. The van der Waals surface area contributed by atoms with Crippen LogP contribution in [0.5, 0.6) is 0 Å². The number of hydrogen-bond donors (Lipinski definition) is 2. The average Bonchev–Trinajstić information content (AvgIpc) is 2.42. The van der Waals surface area contributed by atoms with Crippen LogP contribution >= 0.6 is 0 Å². The lowest BCUT2D eigenvalue weighted by Gasteiger charge is -2.11. The number of carbonyl (C=O) groups excluding carboxylic acids is 1. The van der Waals surface area contributed by atoms with Gasteiger partial charge in [-0.1, -0.05) is 12.6 Å². The average molecular weight is 253 g/mol. The Morgan fingerprint density at radius 1 is 1.42 bits per heavy atom. The summed E-state index contributed by atoms with van der Waals surface area (Å²) < 4.78 is 0. The molecule has 0 saturated heterocycles. The van der Waals surface area contributed by atoms with E-state index < -0.39 is 0 Å². The fourth-order valence-electron chi connectivity index (χ4n) is 1.80. The number of benzene rings is 1. The Morgan fingerprint density at radius 3 is 2.95 bits per heavy atom. The topological polar surface area (TPSA) is 68.0 Å². The predicted molar refractivity (Wildman–Crippen MR) is 77.6 cm³/mol. The number of nitrogen functional groups attached to an aromatic ring is 1. The maximum Gasteiger partial charge on any atom is 0.247 e. The second-order valence-electron chi connectivity index (χ2n) is 4.17. The minimum absolute atomic E-state index is 0.268. The maximum absolute atomic E-state index is 11.4. The van der Waals surface area contributed by atoms with Gasteiger partial charge in [0, 0.05) is 17.4 Å². The van der Waals surface area contributed by atoms with Gasteiger partial charge in [-0.2, -0.15) is 0 Å². The molecule has 0 radical (unpaired) electrons. The van der Waals surface area contributed by atoms with Crippen molar-refractivity contribution in [2.45, 2.75) is 6.92 Å². The van der Waals surface area contributed by atoms with Crippen molar-refractivity contribution in [2.24, 2.45) is 0 Å². The summed E-state index contributed by atoms with van der Waals surface area (Å²) in [4.78, 5) is 15.8. The van der Waals surface area contributed by atoms with Gasteiger partial charge in [-0.05, 0) is 42.8 Å². The molecule has 4 heteroatoms. The molecular weight excluding hydrogens is 238 g/mol. The predicted octanol–water partition coefficient (Wildman–Crippen LogP) is 2.76. The van der Waals surface area contributed by atoms with Crippen molar-refractivity contribution in [3.8, 4) is 11.3 Å². The Hall–Kier alpha value is -2.62. The molecule has 0 aliphatic heterocycles. The third-order valence-corrected chi connectivity index (χ3v) is 2.77. The molecule has 0 aliphatic rings. The standard InChI is InChI=1S/C15H15N3O/c1-3-14(19)18-13-5-4-8-17-15(13)12-9-11(16)7-6-10(12)2/h3-9H,1,16H2,2H3,(H,18,19). The van der Waals surface area contributed by atoms with Crippen LogP contribution in [-0.2, 0) is 4.79 Å². The van der Waals surface area contributed by atoms with Crippen LogP contribution in [-0.4, -0.2) is 10.9 Å². The maximum atomic E-state index is 11.4. The Balaban J connectivity index is 2.52. The number of rotatable bonds is 3. The highest BCUT2D eigenvalue weighted by molar-refractivity contribution is 6.01. The van der Waals surface area contributed by atoms with Gasteiger partial charge in [0.15, 0.2) is 0 Å². The van der Waals surface area contributed by atoms with Crippen LogP contribution in [0.2, 0.25) is 0 Å². The Labute approximate surface area is 112 Å². The van der Waals surface area contributed by atoms with Crippen LogP contribution in [0.4, 0.5) is 11.4 Å². The summed E-state index contributed by atoms with van der Waals surface area (Å²) in [6.07, 6.45) is 2.91. The summed E-state index contributed by atoms with van der Waals surface area (Å²) in [5.41, 5.74) is 9.75. The van der Waals surface area contributed by atoms with E-state index in [9.17, 15) is 4.79 Å². The Morgan fingerprint density at radius 2 is 2.21 bits per heavy atom. The molecule has 0 fully saturated rings. The molecule has 4 nitrogen and oxygen atoms in total. The molecule has 2 aromatic rings. The van der Waals surface area contributed by atoms with Gasteiger partial charge in [0.2, 0.25) is 5.91 Å². The van der Waals surface area contributed by atoms with Crippen LogP contribution in [0.25, 0.3) is 11.3 Å². The van der Waals surface area contributed by atoms with E-state index in [2.05, 4.69) is 16.9 Å². The lowest BCUT2D eigenvalue weighted by atomic mass is 10.0. The van der Waals surface area contributed by atoms with Gasteiger partial charge >= 0.3 is 0 Å². The van der Waals surface area contributed by atoms with Gasteiger partial charge in [0.1, 0.15) is 0 Å². The van der Waals surface area contributed by atoms with E-state index >= 15 is 0 Å². The van der Waals surface area contributed by atoms with Crippen LogP contribution < -0.4 is 11.1 Å². The van der Waals surface area contributed by atoms with Gasteiger partial charge < -0.3 is 11.1 Å². The molecule has 1 heterocycles. The number of aromatic nitrogens is 1. The van der Waals surface area contributed by atoms with E-state index in [0.717, 1.165) is 11.1 Å². The monoisotopic (exact) mass is 253 g/mol. The number of hydrogen-bond acceptors (Lipinski definition) is 3. The zero-order valence-electron chi connectivity index (χ0n) is 10.7. The Kier molecular flexibility index (Phi) is 3.61. The summed E-state index contributed by atoms with van der Waals surface area (Å²) in [6, 6.07) is 9.18. The molecule has 0 saturated carbocycles. The number of carbonyl (C=O) groups is 1. The van der Waals surface area contributed by atoms with Crippen molar-refractivity contribution >= 4 is 17.3 Å². The van der Waals surface area contributed by atoms with E-state index in [1.165, 1.54) is 6.08 Å². The largest absolute Gasteiger partial charge is 0.399 e. The summed E-state index contributed by atoms with van der Waals surface area (Å²) in [5.74, 6) is -0.268. The van der Waals surface area contributed by atoms with Gasteiger partial charge in [-0.15, -0.1) is 0 Å². The highest BCUT2D eigenvalue weighted by Gasteiger charge is 2.10. The first-order valence-electron chi connectivity index (χ1n) is 5.86. The van der Waals surface area contributed by atoms with Gasteiger partial charge in [-0.25, -0.2) is 0 Å². The molecule has 1 amide bonds. The fourth-order valence-corrected chi connectivity index (χ4v) is 1.80. The molecule has 2 rings (SSSR count). The summed E-state index contributed by atoms with van der Waals surface area (Å²) in [5, 5.41) is 2.75. The first-order valence-corrected chi connectivity index (χ1v) is 5.86. The van der Waals surface area contributed by atoms with Gasteiger partial charge in [0.05, 0.1) is 11.4 Å². The molecule has 0 bridgehead atoms. The van der Waals surface area contributed by atoms with Crippen LogP contribution in [0.15, 0.2) is 49.2 Å². The minimum Gasteiger partial charge on any atom is -0.399 e. The molecule has 19 heavy (non-hydrogen) atoms. The lowest BCUT2D eigenvalue weighted by Crippen LogP contribution is -2.09. The van der Waals surface area contributed by atoms with Crippen molar-refractivity contribution in [3.05, 3.63) is 54.7 Å². The van der Waals surface area contributed by atoms with Crippen LogP contribution in [0, 0.1) is 6.92 Å². The molecule has 0 unspecified atom stereocenters. The molecule has 0 spiro atoms. The summed E-state index contributed by atoms with van der Waals surface area (Å²) in [6.45, 7) is 5.41. The zero-order chi connectivity index (χ0) is 13.8. The molecule has 0 aliphatic carbocycles. The van der Waals surface area contributed by atoms with Gasteiger partial charge in [0.25, 0.3) is 0 Å². The third kappa shape index (κ3) is 2.80. The smallest absolute Gasteiger partial charge is 0.247 e. The molecule has 1 aromatic heterocycles. The van der Waals surface area contributed by atoms with Crippen LogP contribution in [0.1, 0.15) is 5.56 Å². The van der Waals surface area contributed by atoms with E-state index in [4.69, 9.17) is 5.73 Å². The number of amides is 1. The number of nitrogens with two attached hydrogens (primary N) is 1. The number of anilines is 2. The fraction of sp³-hybridized carbons (Fsp3) is 0.0667.